The zero-order chi connectivity index (χ0) is 21.6. The fourth-order valence-electron chi connectivity index (χ4n) is 3.45. The summed E-state index contributed by atoms with van der Waals surface area (Å²) in [6.07, 6.45) is 16.6. The van der Waals surface area contributed by atoms with Gasteiger partial charge in [-0.2, -0.15) is 0 Å². The van der Waals surface area contributed by atoms with Crippen molar-refractivity contribution >= 4 is 24.5 Å². The molecule has 1 aliphatic carbocycles. The van der Waals surface area contributed by atoms with E-state index in [2.05, 4.69) is 27.0 Å². The largest absolute Gasteiger partial charge is 0.392 e. The lowest BCUT2D eigenvalue weighted by Crippen LogP contribution is -2.27. The van der Waals surface area contributed by atoms with Gasteiger partial charge >= 0.3 is 0 Å². The van der Waals surface area contributed by atoms with Gasteiger partial charge in [0.15, 0.2) is 0 Å². The molecule has 0 bridgehead atoms. The van der Waals surface area contributed by atoms with E-state index in [0.29, 0.717) is 37.2 Å². The van der Waals surface area contributed by atoms with Crippen molar-refractivity contribution < 1.29 is 14.7 Å². The number of allylic oxidation sites excluding steroid dienone is 6. The van der Waals surface area contributed by atoms with Gasteiger partial charge < -0.3 is 21.1 Å². The van der Waals surface area contributed by atoms with Crippen molar-refractivity contribution in [3.63, 3.8) is 0 Å². The van der Waals surface area contributed by atoms with Gasteiger partial charge in [0, 0.05) is 36.7 Å². The third-order valence-electron chi connectivity index (χ3n) is 4.86. The van der Waals surface area contributed by atoms with Gasteiger partial charge in [-0.05, 0) is 61.5 Å². The van der Waals surface area contributed by atoms with Crippen molar-refractivity contribution in [1.29, 1.82) is 0 Å². The van der Waals surface area contributed by atoms with E-state index in [4.69, 9.17) is 0 Å². The summed E-state index contributed by atoms with van der Waals surface area (Å²) in [6, 6.07) is 1.83. The molecule has 7 nitrogen and oxygen atoms in total. The van der Waals surface area contributed by atoms with Gasteiger partial charge in [-0.1, -0.05) is 18.2 Å². The first-order chi connectivity index (χ1) is 14.7. The van der Waals surface area contributed by atoms with Crippen LogP contribution in [0.1, 0.15) is 49.4 Å². The molecule has 0 aliphatic heterocycles. The van der Waals surface area contributed by atoms with Gasteiger partial charge in [0.1, 0.15) is 0 Å². The predicted octanol–water partition coefficient (Wildman–Crippen LogP) is 2.41. The molecule has 1 aromatic heterocycles. The third kappa shape index (κ3) is 6.70. The normalized spacial score (nSPS) is 14.9. The Morgan fingerprint density at radius 3 is 2.73 bits per heavy atom. The standard InChI is InChI=1S/C23H30N4O3/c1-2-5-19(14-25-17-30)20-10-11-26-23(21(20)15-28)9-8-18-6-3-4-7-22(18)27-13-12-24-16-29/h2,5,8-11,14,16-17,27-28H,3-4,6-7,12-13,15H2,1H3,(H,24,29)(H,25,30)/b5-2-,9-8+,19-14+. The number of rotatable bonds is 12. The molecule has 7 heteroatoms. The van der Waals surface area contributed by atoms with Crippen LogP contribution in [0.2, 0.25) is 0 Å². The number of nitrogens with zero attached hydrogens (tertiary/aromatic N) is 1. The van der Waals surface area contributed by atoms with Crippen molar-refractivity contribution in [2.24, 2.45) is 0 Å². The van der Waals surface area contributed by atoms with Crippen molar-refractivity contribution in [1.82, 2.24) is 20.9 Å². The highest BCUT2D eigenvalue weighted by molar-refractivity contribution is 5.78. The molecule has 1 aliphatic rings. The quantitative estimate of drug-likeness (QED) is 0.241. The van der Waals surface area contributed by atoms with E-state index in [9.17, 15) is 14.7 Å². The predicted molar refractivity (Wildman–Crippen MR) is 119 cm³/mol. The number of carbonyl (C=O) groups is 2. The molecule has 1 aromatic rings. The fourth-order valence-corrected chi connectivity index (χ4v) is 3.45. The number of hydrogen-bond acceptors (Lipinski definition) is 5. The van der Waals surface area contributed by atoms with E-state index in [1.54, 1.807) is 12.4 Å². The third-order valence-corrected chi connectivity index (χ3v) is 4.86. The maximum absolute atomic E-state index is 10.7. The highest BCUT2D eigenvalue weighted by Crippen LogP contribution is 2.26. The molecule has 0 radical (unpaired) electrons. The summed E-state index contributed by atoms with van der Waals surface area (Å²) in [4.78, 5) is 25.5. The second-order valence-corrected chi connectivity index (χ2v) is 6.81. The molecule has 2 amide bonds. The van der Waals surface area contributed by atoms with Crippen LogP contribution in [-0.2, 0) is 16.2 Å². The van der Waals surface area contributed by atoms with E-state index in [1.807, 2.05) is 31.2 Å². The molecule has 0 saturated carbocycles. The summed E-state index contributed by atoms with van der Waals surface area (Å²) in [5, 5.41) is 18.7. The summed E-state index contributed by atoms with van der Waals surface area (Å²) >= 11 is 0. The molecule has 0 fully saturated rings. The lowest BCUT2D eigenvalue weighted by atomic mass is 9.94. The molecule has 160 valence electrons. The van der Waals surface area contributed by atoms with Crippen molar-refractivity contribution in [3.8, 4) is 0 Å². The Balaban J connectivity index is 2.32. The van der Waals surface area contributed by atoms with Crippen LogP contribution in [0.5, 0.6) is 0 Å². The molecular formula is C23H30N4O3. The maximum atomic E-state index is 10.7. The van der Waals surface area contributed by atoms with E-state index < -0.39 is 0 Å². The lowest BCUT2D eigenvalue weighted by Gasteiger charge is -2.20. The molecule has 2 rings (SSSR count). The van der Waals surface area contributed by atoms with Crippen LogP contribution in [0.25, 0.3) is 11.6 Å². The van der Waals surface area contributed by atoms with Gasteiger partial charge in [0.25, 0.3) is 0 Å². The van der Waals surface area contributed by atoms with Gasteiger partial charge in [-0.25, -0.2) is 0 Å². The zero-order valence-electron chi connectivity index (χ0n) is 17.4. The molecule has 0 atom stereocenters. The number of aromatic nitrogens is 1. The lowest BCUT2D eigenvalue weighted by molar-refractivity contribution is -0.110. The van der Waals surface area contributed by atoms with Crippen LogP contribution in [0.15, 0.2) is 48.0 Å². The Morgan fingerprint density at radius 2 is 2.00 bits per heavy atom. The number of aliphatic hydroxyl groups excluding tert-OH is 1. The molecule has 4 N–H and O–H groups in total. The minimum Gasteiger partial charge on any atom is -0.392 e. The molecular weight excluding hydrogens is 380 g/mol. The summed E-state index contributed by atoms with van der Waals surface area (Å²) in [5.41, 5.74) is 5.40. The minimum atomic E-state index is -0.166. The summed E-state index contributed by atoms with van der Waals surface area (Å²) < 4.78 is 0. The first-order valence-corrected chi connectivity index (χ1v) is 10.2. The number of pyridine rings is 1. The van der Waals surface area contributed by atoms with Crippen LogP contribution in [-0.4, -0.2) is 36.0 Å². The average Bonchev–Trinajstić information content (AvgIpc) is 2.78. The molecule has 0 aromatic carbocycles. The summed E-state index contributed by atoms with van der Waals surface area (Å²) in [5.74, 6) is 0. The van der Waals surface area contributed by atoms with Crippen LogP contribution in [0.3, 0.4) is 0 Å². The van der Waals surface area contributed by atoms with E-state index >= 15 is 0 Å². The monoisotopic (exact) mass is 410 g/mol. The van der Waals surface area contributed by atoms with Crippen LogP contribution < -0.4 is 16.0 Å². The Bertz CT molecular complexity index is 841. The number of nitrogens with one attached hydrogen (secondary N) is 3. The number of aliphatic hydroxyl groups is 1. The Hall–Kier alpha value is -3.19. The van der Waals surface area contributed by atoms with Gasteiger partial charge in [0.05, 0.1) is 12.3 Å². The van der Waals surface area contributed by atoms with Crippen molar-refractivity contribution in [2.75, 3.05) is 13.1 Å². The second-order valence-electron chi connectivity index (χ2n) is 6.81. The van der Waals surface area contributed by atoms with E-state index in [0.717, 1.165) is 36.8 Å². The Kier molecular flexibility index (Phi) is 10.1. The average molecular weight is 411 g/mol. The van der Waals surface area contributed by atoms with Gasteiger partial charge in [-0.3, -0.25) is 14.6 Å². The van der Waals surface area contributed by atoms with Gasteiger partial charge in [0.2, 0.25) is 12.8 Å². The van der Waals surface area contributed by atoms with E-state index in [1.165, 1.54) is 11.3 Å². The highest BCUT2D eigenvalue weighted by Gasteiger charge is 2.12. The van der Waals surface area contributed by atoms with Crippen LogP contribution >= 0.6 is 0 Å². The molecule has 0 unspecified atom stereocenters. The van der Waals surface area contributed by atoms with Crippen LogP contribution in [0, 0.1) is 0 Å². The number of hydrogen-bond donors (Lipinski definition) is 4. The minimum absolute atomic E-state index is 0.166. The van der Waals surface area contributed by atoms with Crippen molar-refractivity contribution in [3.05, 3.63) is 64.8 Å². The topological polar surface area (TPSA) is 103 Å². The smallest absolute Gasteiger partial charge is 0.211 e. The molecule has 0 spiro atoms. The maximum Gasteiger partial charge on any atom is 0.211 e. The van der Waals surface area contributed by atoms with Crippen molar-refractivity contribution in [2.45, 2.75) is 39.2 Å². The fraction of sp³-hybridized carbons (Fsp3) is 0.348. The summed E-state index contributed by atoms with van der Waals surface area (Å²) in [7, 11) is 0. The first-order valence-electron chi connectivity index (χ1n) is 10.2. The highest BCUT2D eigenvalue weighted by atomic mass is 16.3. The first kappa shape index (κ1) is 23.1. The Labute approximate surface area is 177 Å². The molecule has 30 heavy (non-hydrogen) atoms. The summed E-state index contributed by atoms with van der Waals surface area (Å²) in [6.45, 7) is 2.99. The number of carbonyl (C=O) groups excluding carboxylic acids is 2. The molecule has 0 saturated heterocycles. The Morgan fingerprint density at radius 1 is 1.17 bits per heavy atom. The second kappa shape index (κ2) is 13.1. The van der Waals surface area contributed by atoms with Crippen LogP contribution in [0.4, 0.5) is 0 Å². The van der Waals surface area contributed by atoms with Gasteiger partial charge in [-0.15, -0.1) is 0 Å². The SMILES string of the molecule is C/C=C\C(=C/NC=O)c1ccnc(/C=C/C2=C(NCCNC=O)CCCC2)c1CO. The zero-order valence-corrected chi connectivity index (χ0v) is 17.4. The van der Waals surface area contributed by atoms with E-state index in [-0.39, 0.29) is 6.61 Å². The number of amides is 2. The molecule has 1 heterocycles.